The number of guanidine groups is 1. The third-order valence-corrected chi connectivity index (χ3v) is 4.00. The molecular formula is C14H25IN4O3S. The van der Waals surface area contributed by atoms with Gasteiger partial charge in [-0.1, -0.05) is 6.07 Å². The maximum atomic E-state index is 11.2. The number of halogens is 1. The van der Waals surface area contributed by atoms with Crippen molar-refractivity contribution >= 4 is 39.8 Å². The molecule has 0 aliphatic rings. The molecule has 0 aliphatic heterocycles. The number of pyridine rings is 1. The van der Waals surface area contributed by atoms with Crippen LogP contribution < -0.4 is 15.4 Å². The molecule has 1 unspecified atom stereocenters. The van der Waals surface area contributed by atoms with Gasteiger partial charge in [0.25, 0.3) is 0 Å². The zero-order valence-electron chi connectivity index (χ0n) is 13.9. The third-order valence-electron chi connectivity index (χ3n) is 3.02. The van der Waals surface area contributed by atoms with Crippen LogP contribution in [0.25, 0.3) is 0 Å². The van der Waals surface area contributed by atoms with Gasteiger partial charge in [0.1, 0.15) is 9.84 Å². The Balaban J connectivity index is 0.00000484. The number of hydrogen-bond donors (Lipinski definition) is 2. The first kappa shape index (κ1) is 21.9. The van der Waals surface area contributed by atoms with Crippen LogP contribution in [0.1, 0.15) is 18.9 Å². The van der Waals surface area contributed by atoms with Gasteiger partial charge in [0.15, 0.2) is 5.96 Å². The Morgan fingerprint density at radius 3 is 2.74 bits per heavy atom. The predicted molar refractivity (Wildman–Crippen MR) is 103 cm³/mol. The standard InChI is InChI=1S/C14H24N4O3S.HI/c1-11(7-9-22(4,19)20)18-14(15-2)17-10-12-6-5-8-16-13(12)21-3;/h5-6,8,11H,7,9-10H2,1-4H3,(H2,15,17,18);1H. The van der Waals surface area contributed by atoms with E-state index in [1.807, 2.05) is 19.1 Å². The molecule has 0 aliphatic carbocycles. The molecule has 1 aromatic heterocycles. The maximum Gasteiger partial charge on any atom is 0.218 e. The van der Waals surface area contributed by atoms with E-state index in [0.717, 1.165) is 5.56 Å². The average molecular weight is 456 g/mol. The number of aromatic nitrogens is 1. The second-order valence-corrected chi connectivity index (χ2v) is 7.32. The summed E-state index contributed by atoms with van der Waals surface area (Å²) in [6, 6.07) is 3.75. The Hall–Kier alpha value is -1.10. The number of hydrogen-bond acceptors (Lipinski definition) is 5. The molecule has 0 aromatic carbocycles. The first-order valence-electron chi connectivity index (χ1n) is 6.98. The molecule has 0 saturated heterocycles. The second kappa shape index (κ2) is 10.6. The summed E-state index contributed by atoms with van der Waals surface area (Å²) in [4.78, 5) is 8.26. The van der Waals surface area contributed by atoms with E-state index < -0.39 is 9.84 Å². The van der Waals surface area contributed by atoms with Gasteiger partial charge in [0.05, 0.1) is 12.9 Å². The Labute approximate surface area is 155 Å². The molecule has 0 spiro atoms. The number of nitrogens with zero attached hydrogens (tertiary/aromatic N) is 2. The van der Waals surface area contributed by atoms with Crippen LogP contribution >= 0.6 is 24.0 Å². The van der Waals surface area contributed by atoms with Crippen molar-refractivity contribution in [2.24, 2.45) is 4.99 Å². The summed E-state index contributed by atoms with van der Waals surface area (Å²) < 4.78 is 27.5. The summed E-state index contributed by atoms with van der Waals surface area (Å²) in [5.74, 6) is 1.32. The lowest BCUT2D eigenvalue weighted by Gasteiger charge is -2.18. The summed E-state index contributed by atoms with van der Waals surface area (Å²) in [6.45, 7) is 2.43. The van der Waals surface area contributed by atoms with Gasteiger partial charge in [-0.3, -0.25) is 4.99 Å². The molecule has 0 amide bonds. The SMILES string of the molecule is CN=C(NCc1cccnc1OC)NC(C)CCS(C)(=O)=O.I. The minimum atomic E-state index is -2.95. The van der Waals surface area contributed by atoms with Gasteiger partial charge >= 0.3 is 0 Å². The van der Waals surface area contributed by atoms with Gasteiger partial charge in [-0.05, 0) is 19.4 Å². The monoisotopic (exact) mass is 456 g/mol. The van der Waals surface area contributed by atoms with Crippen LogP contribution in [-0.2, 0) is 16.4 Å². The first-order chi connectivity index (χ1) is 10.4. The molecule has 2 N–H and O–H groups in total. The third kappa shape index (κ3) is 8.94. The largest absolute Gasteiger partial charge is 0.481 e. The number of sulfone groups is 1. The number of ether oxygens (including phenoxy) is 1. The van der Waals surface area contributed by atoms with Crippen LogP contribution in [0.15, 0.2) is 23.3 Å². The van der Waals surface area contributed by atoms with Crippen LogP contribution in [-0.4, -0.2) is 51.6 Å². The van der Waals surface area contributed by atoms with Crippen molar-refractivity contribution in [3.63, 3.8) is 0 Å². The molecule has 9 heteroatoms. The second-order valence-electron chi connectivity index (χ2n) is 5.06. The van der Waals surface area contributed by atoms with E-state index in [0.29, 0.717) is 24.8 Å². The van der Waals surface area contributed by atoms with Gasteiger partial charge in [-0.2, -0.15) is 0 Å². The van der Waals surface area contributed by atoms with Crippen molar-refractivity contribution in [2.75, 3.05) is 26.2 Å². The first-order valence-corrected chi connectivity index (χ1v) is 9.04. The van der Waals surface area contributed by atoms with Crippen molar-refractivity contribution in [3.8, 4) is 5.88 Å². The molecular weight excluding hydrogens is 431 g/mol. The number of aliphatic imine (C=N–C) groups is 1. The maximum absolute atomic E-state index is 11.2. The van der Waals surface area contributed by atoms with Gasteiger partial charge in [0, 0.05) is 37.7 Å². The minimum Gasteiger partial charge on any atom is -0.481 e. The molecule has 1 atom stereocenters. The van der Waals surface area contributed by atoms with Crippen LogP contribution in [0.2, 0.25) is 0 Å². The Morgan fingerprint density at radius 1 is 1.48 bits per heavy atom. The van der Waals surface area contributed by atoms with Crippen molar-refractivity contribution in [1.82, 2.24) is 15.6 Å². The highest BCUT2D eigenvalue weighted by molar-refractivity contribution is 14.0. The average Bonchev–Trinajstić information content (AvgIpc) is 2.49. The summed E-state index contributed by atoms with van der Waals surface area (Å²) in [5, 5.41) is 6.32. The fourth-order valence-corrected chi connectivity index (χ4v) is 2.59. The Morgan fingerprint density at radius 2 is 2.17 bits per heavy atom. The summed E-state index contributed by atoms with van der Waals surface area (Å²) in [5.41, 5.74) is 0.914. The lowest BCUT2D eigenvalue weighted by Crippen LogP contribution is -2.42. The number of nitrogens with one attached hydrogen (secondary N) is 2. The molecule has 0 saturated carbocycles. The molecule has 7 nitrogen and oxygen atoms in total. The molecule has 0 bridgehead atoms. The smallest absolute Gasteiger partial charge is 0.218 e. The van der Waals surface area contributed by atoms with Gasteiger partial charge in [-0.15, -0.1) is 24.0 Å². The molecule has 1 aromatic rings. The van der Waals surface area contributed by atoms with E-state index in [-0.39, 0.29) is 35.8 Å². The Kier molecular flexibility index (Phi) is 10.1. The summed E-state index contributed by atoms with van der Waals surface area (Å²) >= 11 is 0. The minimum absolute atomic E-state index is 0. The van der Waals surface area contributed by atoms with E-state index >= 15 is 0 Å². The van der Waals surface area contributed by atoms with E-state index in [4.69, 9.17) is 4.74 Å². The zero-order valence-corrected chi connectivity index (χ0v) is 17.0. The van der Waals surface area contributed by atoms with E-state index in [1.165, 1.54) is 6.26 Å². The number of methoxy groups -OCH3 is 1. The summed E-state index contributed by atoms with van der Waals surface area (Å²) in [7, 11) is 0.290. The van der Waals surface area contributed by atoms with Crippen LogP contribution in [0, 0.1) is 0 Å². The fourth-order valence-electron chi connectivity index (χ4n) is 1.81. The lowest BCUT2D eigenvalue weighted by atomic mass is 10.2. The molecule has 0 radical (unpaired) electrons. The molecule has 132 valence electrons. The number of rotatable bonds is 7. The van der Waals surface area contributed by atoms with E-state index in [9.17, 15) is 8.42 Å². The van der Waals surface area contributed by atoms with E-state index in [2.05, 4.69) is 20.6 Å². The quantitative estimate of drug-likeness (QED) is 0.364. The zero-order chi connectivity index (χ0) is 16.6. The van der Waals surface area contributed by atoms with Gasteiger partial charge in [-0.25, -0.2) is 13.4 Å². The van der Waals surface area contributed by atoms with Crippen molar-refractivity contribution in [3.05, 3.63) is 23.9 Å². The highest BCUT2D eigenvalue weighted by Gasteiger charge is 2.10. The van der Waals surface area contributed by atoms with Gasteiger partial charge in [0.2, 0.25) is 5.88 Å². The lowest BCUT2D eigenvalue weighted by molar-refractivity contribution is 0.392. The Bertz CT molecular complexity index is 608. The normalized spacial score (nSPS) is 13.0. The molecule has 1 heterocycles. The highest BCUT2D eigenvalue weighted by atomic mass is 127. The molecule has 1 rings (SSSR count). The van der Waals surface area contributed by atoms with Crippen molar-refractivity contribution in [2.45, 2.75) is 25.9 Å². The molecule has 0 fully saturated rings. The molecule has 23 heavy (non-hydrogen) atoms. The summed E-state index contributed by atoms with van der Waals surface area (Å²) in [6.07, 6.45) is 3.43. The van der Waals surface area contributed by atoms with Crippen molar-refractivity contribution in [1.29, 1.82) is 0 Å². The van der Waals surface area contributed by atoms with Gasteiger partial charge < -0.3 is 15.4 Å². The van der Waals surface area contributed by atoms with Crippen LogP contribution in [0.5, 0.6) is 5.88 Å². The predicted octanol–water partition coefficient (Wildman–Crippen LogP) is 1.20. The van der Waals surface area contributed by atoms with Crippen LogP contribution in [0.4, 0.5) is 0 Å². The van der Waals surface area contributed by atoms with Crippen LogP contribution in [0.3, 0.4) is 0 Å². The topological polar surface area (TPSA) is 92.7 Å². The van der Waals surface area contributed by atoms with E-state index in [1.54, 1.807) is 20.4 Å². The highest BCUT2D eigenvalue weighted by Crippen LogP contribution is 2.12. The fraction of sp³-hybridized carbons (Fsp3) is 0.571. The van der Waals surface area contributed by atoms with Crippen molar-refractivity contribution < 1.29 is 13.2 Å².